The van der Waals surface area contributed by atoms with Crippen LogP contribution < -0.4 is 0 Å². The number of hydrogen-bond acceptors (Lipinski definition) is 3. The van der Waals surface area contributed by atoms with Crippen molar-refractivity contribution in [3.63, 3.8) is 0 Å². The van der Waals surface area contributed by atoms with Crippen molar-refractivity contribution in [1.29, 1.82) is 0 Å². The summed E-state index contributed by atoms with van der Waals surface area (Å²) in [6.45, 7) is 4.15. The van der Waals surface area contributed by atoms with Gasteiger partial charge < -0.3 is 0 Å². The molecule has 1 aliphatic rings. The third kappa shape index (κ3) is 3.11. The molecule has 0 saturated carbocycles. The summed E-state index contributed by atoms with van der Waals surface area (Å²) in [5.41, 5.74) is 0. The molecule has 1 unspecified atom stereocenters. The molecule has 0 aromatic heterocycles. The molecule has 0 aliphatic carbocycles. The van der Waals surface area contributed by atoms with Gasteiger partial charge >= 0.3 is 0 Å². The summed E-state index contributed by atoms with van der Waals surface area (Å²) in [5.74, 6) is 0.699. The van der Waals surface area contributed by atoms with Crippen LogP contribution in [0.1, 0.15) is 33.1 Å². The maximum absolute atomic E-state index is 11.0. The summed E-state index contributed by atoms with van der Waals surface area (Å²) in [7, 11) is -3.18. The summed E-state index contributed by atoms with van der Waals surface area (Å²) in [5, 5.41) is 0. The van der Waals surface area contributed by atoms with Gasteiger partial charge in [0.2, 0.25) is 0 Å². The standard InChI is InChI=1S/C8H16O3S/c1-7(2)6-8-4-3-5-12(9,10)11-8/h7-8H,3-6H2,1-2H3. The fraction of sp³-hybridized carbons (Fsp3) is 1.00. The van der Waals surface area contributed by atoms with Crippen molar-refractivity contribution < 1.29 is 12.6 Å². The predicted octanol–water partition coefficient (Wildman–Crippen LogP) is 1.54. The van der Waals surface area contributed by atoms with Gasteiger partial charge in [0.25, 0.3) is 10.1 Å². The Morgan fingerprint density at radius 2 is 2.17 bits per heavy atom. The van der Waals surface area contributed by atoms with Gasteiger partial charge in [-0.15, -0.1) is 0 Å². The Hall–Kier alpha value is -0.0900. The Bertz CT molecular complexity index is 231. The average Bonchev–Trinajstić information content (AvgIpc) is 1.82. The second kappa shape index (κ2) is 3.75. The lowest BCUT2D eigenvalue weighted by Gasteiger charge is -2.23. The van der Waals surface area contributed by atoms with E-state index >= 15 is 0 Å². The van der Waals surface area contributed by atoms with Crippen molar-refractivity contribution >= 4 is 10.1 Å². The molecular formula is C8H16O3S. The monoisotopic (exact) mass is 192 g/mol. The van der Waals surface area contributed by atoms with Gasteiger partial charge in [-0.05, 0) is 25.2 Å². The van der Waals surface area contributed by atoms with Gasteiger partial charge in [-0.2, -0.15) is 8.42 Å². The van der Waals surface area contributed by atoms with Crippen LogP contribution >= 0.6 is 0 Å². The molecule has 72 valence electrons. The lowest BCUT2D eigenvalue weighted by atomic mass is 10.0. The molecule has 0 radical (unpaired) electrons. The Morgan fingerprint density at radius 3 is 2.67 bits per heavy atom. The molecule has 1 aliphatic heterocycles. The lowest BCUT2D eigenvalue weighted by molar-refractivity contribution is 0.158. The first-order valence-corrected chi connectivity index (χ1v) is 5.98. The Morgan fingerprint density at radius 1 is 1.50 bits per heavy atom. The minimum Gasteiger partial charge on any atom is -0.267 e. The average molecular weight is 192 g/mol. The zero-order chi connectivity index (χ0) is 9.19. The Labute approximate surface area is 74.2 Å². The van der Waals surface area contributed by atoms with Gasteiger partial charge in [0.15, 0.2) is 0 Å². The smallest absolute Gasteiger partial charge is 0.267 e. The van der Waals surface area contributed by atoms with Crippen LogP contribution in [-0.2, 0) is 14.3 Å². The molecule has 0 bridgehead atoms. The highest BCUT2D eigenvalue weighted by Gasteiger charge is 2.25. The number of rotatable bonds is 2. The summed E-state index contributed by atoms with van der Waals surface area (Å²) in [6.07, 6.45) is 2.42. The van der Waals surface area contributed by atoms with Crippen LogP contribution in [0.15, 0.2) is 0 Å². The molecule has 4 heteroatoms. The minimum atomic E-state index is -3.18. The number of hydrogen-bond donors (Lipinski definition) is 0. The molecule has 12 heavy (non-hydrogen) atoms. The van der Waals surface area contributed by atoms with E-state index < -0.39 is 10.1 Å². The summed E-state index contributed by atoms with van der Waals surface area (Å²) in [4.78, 5) is 0. The molecule has 1 rings (SSSR count). The zero-order valence-corrected chi connectivity index (χ0v) is 8.43. The fourth-order valence-electron chi connectivity index (χ4n) is 1.47. The highest BCUT2D eigenvalue weighted by Crippen LogP contribution is 2.21. The van der Waals surface area contributed by atoms with Crippen LogP contribution in [0.25, 0.3) is 0 Å². The van der Waals surface area contributed by atoms with E-state index in [1.54, 1.807) is 0 Å². The molecule has 1 fully saturated rings. The van der Waals surface area contributed by atoms with Gasteiger partial charge in [-0.25, -0.2) is 0 Å². The third-order valence-corrected chi connectivity index (χ3v) is 3.29. The molecule has 0 amide bonds. The summed E-state index contributed by atoms with van der Waals surface area (Å²) >= 11 is 0. The van der Waals surface area contributed by atoms with Crippen LogP contribution in [0.4, 0.5) is 0 Å². The maximum Gasteiger partial charge on any atom is 0.267 e. The van der Waals surface area contributed by atoms with Crippen LogP contribution in [0.2, 0.25) is 0 Å². The van der Waals surface area contributed by atoms with Gasteiger partial charge in [0, 0.05) is 0 Å². The highest BCUT2D eigenvalue weighted by atomic mass is 32.2. The highest BCUT2D eigenvalue weighted by molar-refractivity contribution is 7.86. The van der Waals surface area contributed by atoms with Crippen molar-refractivity contribution in [3.05, 3.63) is 0 Å². The predicted molar refractivity (Wildman–Crippen MR) is 47.3 cm³/mol. The van der Waals surface area contributed by atoms with Gasteiger partial charge in [0.05, 0.1) is 11.9 Å². The van der Waals surface area contributed by atoms with Gasteiger partial charge in [0.1, 0.15) is 0 Å². The van der Waals surface area contributed by atoms with E-state index in [-0.39, 0.29) is 11.9 Å². The minimum absolute atomic E-state index is 0.0660. The molecule has 0 aromatic carbocycles. The molecule has 1 heterocycles. The van der Waals surface area contributed by atoms with Gasteiger partial charge in [-0.3, -0.25) is 4.18 Å². The molecule has 1 atom stereocenters. The van der Waals surface area contributed by atoms with E-state index in [1.165, 1.54) is 0 Å². The first-order chi connectivity index (χ1) is 5.49. The van der Waals surface area contributed by atoms with E-state index in [2.05, 4.69) is 13.8 Å². The summed E-state index contributed by atoms with van der Waals surface area (Å²) in [6, 6.07) is 0. The van der Waals surface area contributed by atoms with Crippen molar-refractivity contribution in [2.75, 3.05) is 5.75 Å². The van der Waals surface area contributed by atoms with E-state index in [0.29, 0.717) is 5.92 Å². The zero-order valence-electron chi connectivity index (χ0n) is 7.62. The van der Waals surface area contributed by atoms with Crippen LogP contribution in [-0.4, -0.2) is 20.3 Å². The van der Waals surface area contributed by atoms with E-state index in [4.69, 9.17) is 4.18 Å². The lowest BCUT2D eigenvalue weighted by Crippen LogP contribution is -2.27. The largest absolute Gasteiger partial charge is 0.267 e. The second-order valence-corrected chi connectivity index (χ2v) is 5.47. The fourth-order valence-corrected chi connectivity index (χ4v) is 2.68. The third-order valence-electron chi connectivity index (χ3n) is 1.94. The topological polar surface area (TPSA) is 43.4 Å². The quantitative estimate of drug-likeness (QED) is 0.623. The van der Waals surface area contributed by atoms with E-state index in [1.807, 2.05) is 0 Å². The molecule has 1 saturated heterocycles. The molecule has 0 N–H and O–H groups in total. The van der Waals surface area contributed by atoms with Crippen LogP contribution in [0.5, 0.6) is 0 Å². The first kappa shape index (κ1) is 9.99. The second-order valence-electron chi connectivity index (χ2n) is 3.75. The Balaban J connectivity index is 2.47. The molecule has 0 spiro atoms. The molecular weight excluding hydrogens is 176 g/mol. The van der Waals surface area contributed by atoms with E-state index in [0.717, 1.165) is 19.3 Å². The summed E-state index contributed by atoms with van der Waals surface area (Å²) < 4.78 is 27.0. The first-order valence-electron chi connectivity index (χ1n) is 4.40. The maximum atomic E-state index is 11.0. The van der Waals surface area contributed by atoms with Gasteiger partial charge in [-0.1, -0.05) is 13.8 Å². The molecule has 0 aromatic rings. The normalized spacial score (nSPS) is 29.1. The Kier molecular flexibility index (Phi) is 3.12. The van der Waals surface area contributed by atoms with Crippen molar-refractivity contribution in [2.45, 2.75) is 39.2 Å². The SMILES string of the molecule is CC(C)CC1CCCS(=O)(=O)O1. The van der Waals surface area contributed by atoms with Crippen LogP contribution in [0, 0.1) is 5.92 Å². The molecule has 3 nitrogen and oxygen atoms in total. The van der Waals surface area contributed by atoms with Crippen LogP contribution in [0.3, 0.4) is 0 Å². The van der Waals surface area contributed by atoms with Crippen molar-refractivity contribution in [2.24, 2.45) is 5.92 Å². The van der Waals surface area contributed by atoms with Crippen molar-refractivity contribution in [3.8, 4) is 0 Å². The van der Waals surface area contributed by atoms with Crippen molar-refractivity contribution in [1.82, 2.24) is 0 Å². The van der Waals surface area contributed by atoms with E-state index in [9.17, 15) is 8.42 Å².